The average Bonchev–Trinajstić information content (AvgIpc) is 2.47. The first-order chi connectivity index (χ1) is 7.46. The summed E-state index contributed by atoms with van der Waals surface area (Å²) in [6.45, 7) is 0. The fourth-order valence-electron chi connectivity index (χ4n) is 1.31. The highest BCUT2D eigenvalue weighted by atomic mass is 19.3. The largest absolute Gasteiger partial charge is 0.586 e. The molecule has 6 heteroatoms. The van der Waals surface area contributed by atoms with Crippen molar-refractivity contribution >= 4 is 5.91 Å². The fourth-order valence-corrected chi connectivity index (χ4v) is 1.31. The zero-order valence-electron chi connectivity index (χ0n) is 8.07. The van der Waals surface area contributed by atoms with Crippen molar-refractivity contribution in [3.8, 4) is 11.5 Å². The lowest BCUT2D eigenvalue weighted by atomic mass is 10.1. The molecule has 4 nitrogen and oxygen atoms in total. The molecule has 0 atom stereocenters. The third-order valence-electron chi connectivity index (χ3n) is 1.96. The van der Waals surface area contributed by atoms with Gasteiger partial charge in [0.2, 0.25) is 5.91 Å². The van der Waals surface area contributed by atoms with Crippen molar-refractivity contribution in [1.82, 2.24) is 0 Å². The van der Waals surface area contributed by atoms with Crippen LogP contribution in [0.3, 0.4) is 0 Å². The summed E-state index contributed by atoms with van der Waals surface area (Å²) in [4.78, 5) is 10.5. The molecule has 0 bridgehead atoms. The molecule has 1 amide bonds. The molecule has 2 N–H and O–H groups in total. The molecule has 1 aromatic rings. The Labute approximate surface area is 89.9 Å². The second-order valence-electron chi connectivity index (χ2n) is 3.25. The van der Waals surface area contributed by atoms with Crippen LogP contribution in [-0.4, -0.2) is 12.2 Å². The van der Waals surface area contributed by atoms with E-state index in [1.54, 1.807) is 0 Å². The van der Waals surface area contributed by atoms with Gasteiger partial charge in [0.1, 0.15) is 0 Å². The van der Waals surface area contributed by atoms with Crippen molar-refractivity contribution in [2.75, 3.05) is 0 Å². The van der Waals surface area contributed by atoms with Crippen LogP contribution in [-0.2, 0) is 4.79 Å². The molecule has 1 heterocycles. The fraction of sp³-hybridized carbons (Fsp3) is 0.200. The standard InChI is InChI=1S/C10H8F2NO3/c11-10(12)15-7-3-1-6(2-4-9(13)14)5-8(7)16-10/h1-3,5H,4H2,(H2,13,14). The minimum Gasteiger partial charge on any atom is -0.395 e. The van der Waals surface area contributed by atoms with Crippen LogP contribution >= 0.6 is 0 Å². The number of benzene rings is 1. The Balaban J connectivity index is 2.13. The Morgan fingerprint density at radius 2 is 2.06 bits per heavy atom. The van der Waals surface area contributed by atoms with E-state index in [1.807, 2.05) is 0 Å². The maximum Gasteiger partial charge on any atom is 0.586 e. The normalized spacial score (nSPS) is 16.1. The lowest BCUT2D eigenvalue weighted by Crippen LogP contribution is -2.25. The van der Waals surface area contributed by atoms with E-state index in [0.717, 1.165) is 0 Å². The van der Waals surface area contributed by atoms with Crippen molar-refractivity contribution < 1.29 is 23.0 Å². The van der Waals surface area contributed by atoms with Crippen LogP contribution < -0.4 is 15.2 Å². The lowest BCUT2D eigenvalue weighted by molar-refractivity contribution is -0.286. The number of hydrogen-bond acceptors (Lipinski definition) is 3. The van der Waals surface area contributed by atoms with Crippen LogP contribution in [0.25, 0.3) is 0 Å². The predicted molar refractivity (Wildman–Crippen MR) is 49.9 cm³/mol. The summed E-state index contributed by atoms with van der Waals surface area (Å²) in [6, 6.07) is 4.24. The number of carbonyl (C=O) groups excluding carboxylic acids is 1. The molecular formula is C10H8F2NO3. The van der Waals surface area contributed by atoms with E-state index in [0.29, 0.717) is 5.56 Å². The molecule has 0 fully saturated rings. The second-order valence-corrected chi connectivity index (χ2v) is 3.25. The molecule has 0 spiro atoms. The number of hydrogen-bond donors (Lipinski definition) is 1. The Kier molecular flexibility index (Phi) is 2.41. The topological polar surface area (TPSA) is 61.6 Å². The number of rotatable bonds is 3. The van der Waals surface area contributed by atoms with E-state index in [1.165, 1.54) is 24.6 Å². The number of alkyl halides is 2. The Hall–Kier alpha value is -1.85. The van der Waals surface area contributed by atoms with E-state index in [2.05, 4.69) is 9.47 Å². The number of ether oxygens (including phenoxy) is 2. The van der Waals surface area contributed by atoms with Crippen molar-refractivity contribution in [3.05, 3.63) is 30.2 Å². The molecule has 0 saturated carbocycles. The van der Waals surface area contributed by atoms with Gasteiger partial charge in [0.15, 0.2) is 11.5 Å². The van der Waals surface area contributed by atoms with Gasteiger partial charge in [-0.15, -0.1) is 8.78 Å². The summed E-state index contributed by atoms with van der Waals surface area (Å²) in [6.07, 6.45) is -2.07. The van der Waals surface area contributed by atoms with Crippen LogP contribution in [0, 0.1) is 6.42 Å². The minimum absolute atomic E-state index is 0.0266. The van der Waals surface area contributed by atoms with Crippen molar-refractivity contribution in [3.63, 3.8) is 0 Å². The predicted octanol–water partition coefficient (Wildman–Crippen LogP) is 1.44. The van der Waals surface area contributed by atoms with E-state index in [9.17, 15) is 13.6 Å². The Morgan fingerprint density at radius 3 is 2.75 bits per heavy atom. The molecule has 1 aliphatic rings. The summed E-state index contributed by atoms with van der Waals surface area (Å²) in [5, 5.41) is 0. The van der Waals surface area contributed by atoms with Crippen molar-refractivity contribution in [1.29, 1.82) is 0 Å². The van der Waals surface area contributed by atoms with E-state index < -0.39 is 12.2 Å². The first kappa shape index (κ1) is 10.7. The zero-order valence-corrected chi connectivity index (χ0v) is 8.07. The molecule has 0 saturated heterocycles. The SMILES string of the molecule is NC(=O)C[CH]c1ccc2c(c1)OC(F)(F)O2. The first-order valence-corrected chi connectivity index (χ1v) is 4.48. The minimum atomic E-state index is -3.62. The second kappa shape index (κ2) is 3.62. The number of halogens is 2. The van der Waals surface area contributed by atoms with E-state index in [-0.39, 0.29) is 17.9 Å². The highest BCUT2D eigenvalue weighted by Crippen LogP contribution is 2.41. The average molecular weight is 228 g/mol. The van der Waals surface area contributed by atoms with Crippen molar-refractivity contribution in [2.45, 2.75) is 12.7 Å². The van der Waals surface area contributed by atoms with Crippen LogP contribution in [0.15, 0.2) is 18.2 Å². The van der Waals surface area contributed by atoms with Gasteiger partial charge in [0, 0.05) is 12.8 Å². The van der Waals surface area contributed by atoms with Crippen molar-refractivity contribution in [2.24, 2.45) is 5.73 Å². The molecule has 2 rings (SSSR count). The molecular weight excluding hydrogens is 220 g/mol. The maximum atomic E-state index is 12.7. The molecule has 0 unspecified atom stereocenters. The molecule has 1 aliphatic heterocycles. The third-order valence-corrected chi connectivity index (χ3v) is 1.96. The van der Waals surface area contributed by atoms with Gasteiger partial charge in [-0.2, -0.15) is 0 Å². The summed E-state index contributed by atoms with van der Waals surface area (Å²) in [7, 11) is 0. The molecule has 0 aliphatic carbocycles. The summed E-state index contributed by atoms with van der Waals surface area (Å²) < 4.78 is 33.8. The first-order valence-electron chi connectivity index (χ1n) is 4.48. The molecule has 0 aromatic heterocycles. The third kappa shape index (κ3) is 2.21. The molecule has 1 radical (unpaired) electrons. The molecule has 85 valence electrons. The summed E-state index contributed by atoms with van der Waals surface area (Å²) in [5.41, 5.74) is 5.52. The van der Waals surface area contributed by atoms with Gasteiger partial charge in [0.05, 0.1) is 0 Å². The Bertz CT molecular complexity index is 434. The van der Waals surface area contributed by atoms with Gasteiger partial charge in [-0.3, -0.25) is 4.79 Å². The van der Waals surface area contributed by atoms with Crippen LogP contribution in [0.4, 0.5) is 8.78 Å². The van der Waals surface area contributed by atoms with Gasteiger partial charge in [0.25, 0.3) is 0 Å². The van der Waals surface area contributed by atoms with Gasteiger partial charge < -0.3 is 15.2 Å². The van der Waals surface area contributed by atoms with E-state index in [4.69, 9.17) is 5.73 Å². The summed E-state index contributed by atoms with van der Waals surface area (Å²) >= 11 is 0. The van der Waals surface area contributed by atoms with Crippen LogP contribution in [0.1, 0.15) is 12.0 Å². The van der Waals surface area contributed by atoms with Gasteiger partial charge >= 0.3 is 6.29 Å². The van der Waals surface area contributed by atoms with Gasteiger partial charge in [-0.25, -0.2) is 0 Å². The Morgan fingerprint density at radius 1 is 1.38 bits per heavy atom. The van der Waals surface area contributed by atoms with Gasteiger partial charge in [-0.05, 0) is 17.7 Å². The highest BCUT2D eigenvalue weighted by Gasteiger charge is 2.43. The monoisotopic (exact) mass is 228 g/mol. The molecule has 16 heavy (non-hydrogen) atoms. The maximum absolute atomic E-state index is 12.7. The number of amides is 1. The lowest BCUT2D eigenvalue weighted by Gasteiger charge is -2.04. The number of nitrogens with two attached hydrogens (primary N) is 1. The quantitative estimate of drug-likeness (QED) is 0.851. The van der Waals surface area contributed by atoms with Crippen LogP contribution in [0.2, 0.25) is 0 Å². The van der Waals surface area contributed by atoms with Crippen LogP contribution in [0.5, 0.6) is 11.5 Å². The van der Waals surface area contributed by atoms with E-state index >= 15 is 0 Å². The highest BCUT2D eigenvalue weighted by molar-refractivity contribution is 5.75. The number of carbonyl (C=O) groups is 1. The smallest absolute Gasteiger partial charge is 0.395 e. The number of fused-ring (bicyclic) bond motifs is 1. The zero-order chi connectivity index (χ0) is 11.8. The summed E-state index contributed by atoms with van der Waals surface area (Å²) in [5.74, 6) is -0.576. The number of primary amides is 1. The molecule has 1 aromatic carbocycles. The van der Waals surface area contributed by atoms with Gasteiger partial charge in [-0.1, -0.05) is 6.07 Å².